The highest BCUT2D eigenvalue weighted by molar-refractivity contribution is 5.99. The molecule has 5 nitrogen and oxygen atoms in total. The number of carbonyl (C=O) groups is 2. The van der Waals surface area contributed by atoms with E-state index in [4.69, 9.17) is 5.73 Å². The van der Waals surface area contributed by atoms with Crippen LogP contribution < -0.4 is 16.4 Å². The Morgan fingerprint density at radius 1 is 1.35 bits per heavy atom. The van der Waals surface area contributed by atoms with E-state index in [2.05, 4.69) is 10.6 Å². The lowest BCUT2D eigenvalue weighted by atomic mass is 9.96. The van der Waals surface area contributed by atoms with Crippen molar-refractivity contribution in [2.24, 2.45) is 11.7 Å². The number of hydrogen-bond acceptors (Lipinski definition) is 3. The lowest BCUT2D eigenvalue weighted by Crippen LogP contribution is -2.50. The highest BCUT2D eigenvalue weighted by atomic mass is 16.2. The minimum atomic E-state index is -0.847. The third-order valence-corrected chi connectivity index (χ3v) is 3.81. The van der Waals surface area contributed by atoms with Gasteiger partial charge in [0.05, 0.1) is 12.0 Å². The van der Waals surface area contributed by atoms with Crippen LogP contribution in [-0.4, -0.2) is 24.4 Å². The van der Waals surface area contributed by atoms with Crippen molar-refractivity contribution in [1.29, 1.82) is 0 Å². The third-order valence-electron chi connectivity index (χ3n) is 3.81. The molecule has 1 fully saturated rings. The summed E-state index contributed by atoms with van der Waals surface area (Å²) >= 11 is 0. The van der Waals surface area contributed by atoms with Gasteiger partial charge >= 0.3 is 0 Å². The fraction of sp³-hybridized carbons (Fsp3) is 0.467. The number of hydrogen-bond donors (Lipinski definition) is 3. The van der Waals surface area contributed by atoms with Crippen LogP contribution in [0.15, 0.2) is 24.3 Å². The summed E-state index contributed by atoms with van der Waals surface area (Å²) in [6.07, 6.45) is 2.23. The molecule has 0 aliphatic heterocycles. The first-order chi connectivity index (χ1) is 9.45. The van der Waals surface area contributed by atoms with Gasteiger partial charge in [-0.2, -0.15) is 0 Å². The Balaban J connectivity index is 2.12. The number of likely N-dealkylation sites (N-methyl/N-ethyl adjacent to an activating group) is 1. The zero-order chi connectivity index (χ0) is 14.8. The normalized spacial score (nSPS) is 17.1. The molecule has 1 aliphatic carbocycles. The summed E-state index contributed by atoms with van der Waals surface area (Å²) in [5.41, 5.74) is 6.69. The van der Waals surface area contributed by atoms with Crippen molar-refractivity contribution >= 4 is 17.5 Å². The fourth-order valence-corrected chi connectivity index (χ4v) is 2.18. The predicted octanol–water partition coefficient (Wildman–Crippen LogP) is 1.04. The fourth-order valence-electron chi connectivity index (χ4n) is 2.18. The van der Waals surface area contributed by atoms with E-state index >= 15 is 0 Å². The maximum Gasteiger partial charge on any atom is 0.244 e. The van der Waals surface area contributed by atoms with E-state index in [1.165, 1.54) is 0 Å². The Morgan fingerprint density at radius 3 is 2.60 bits per heavy atom. The van der Waals surface area contributed by atoms with Crippen LogP contribution in [0.2, 0.25) is 0 Å². The van der Waals surface area contributed by atoms with E-state index in [0.29, 0.717) is 5.69 Å². The van der Waals surface area contributed by atoms with Crippen LogP contribution >= 0.6 is 0 Å². The molecular weight excluding hydrogens is 254 g/mol. The Labute approximate surface area is 118 Å². The quantitative estimate of drug-likeness (QED) is 0.750. The smallest absolute Gasteiger partial charge is 0.244 e. The van der Waals surface area contributed by atoms with Gasteiger partial charge < -0.3 is 16.4 Å². The number of anilines is 1. The van der Waals surface area contributed by atoms with Gasteiger partial charge in [0.2, 0.25) is 11.8 Å². The number of rotatable bonds is 5. The van der Waals surface area contributed by atoms with Crippen molar-refractivity contribution in [3.8, 4) is 0 Å². The number of nitrogens with one attached hydrogen (secondary N) is 2. The summed E-state index contributed by atoms with van der Waals surface area (Å²) in [6.45, 7) is 1.77. The Morgan fingerprint density at radius 2 is 2.00 bits per heavy atom. The summed E-state index contributed by atoms with van der Waals surface area (Å²) in [7, 11) is 1.59. The molecule has 1 atom stereocenters. The van der Waals surface area contributed by atoms with Crippen molar-refractivity contribution in [3.63, 3.8) is 0 Å². The van der Waals surface area contributed by atoms with Crippen LogP contribution in [-0.2, 0) is 16.0 Å². The Hall–Kier alpha value is -1.88. The van der Waals surface area contributed by atoms with E-state index < -0.39 is 5.54 Å². The molecule has 0 aromatic heterocycles. The van der Waals surface area contributed by atoms with Gasteiger partial charge in [0, 0.05) is 12.7 Å². The molecule has 2 amide bonds. The first-order valence-corrected chi connectivity index (χ1v) is 6.84. The molecule has 0 spiro atoms. The first kappa shape index (κ1) is 14.5. The molecule has 0 saturated heterocycles. The molecule has 0 radical (unpaired) electrons. The third kappa shape index (κ3) is 3.17. The largest absolute Gasteiger partial charge is 0.359 e. The van der Waals surface area contributed by atoms with Gasteiger partial charge in [-0.3, -0.25) is 9.59 Å². The van der Waals surface area contributed by atoms with Gasteiger partial charge in [-0.05, 0) is 37.3 Å². The minimum Gasteiger partial charge on any atom is -0.359 e. The van der Waals surface area contributed by atoms with E-state index in [9.17, 15) is 9.59 Å². The molecule has 108 valence electrons. The SMILES string of the molecule is CNC(=O)Cc1ccccc1NC(=O)C(C)(N)C1CC1. The number of amides is 2. The zero-order valence-corrected chi connectivity index (χ0v) is 11.9. The zero-order valence-electron chi connectivity index (χ0n) is 11.9. The van der Waals surface area contributed by atoms with E-state index in [1.54, 1.807) is 20.0 Å². The number of nitrogens with two attached hydrogens (primary N) is 1. The summed E-state index contributed by atoms with van der Waals surface area (Å²) in [5.74, 6) is -0.0256. The van der Waals surface area contributed by atoms with Gasteiger partial charge in [0.15, 0.2) is 0 Å². The van der Waals surface area contributed by atoms with Crippen LogP contribution in [0.3, 0.4) is 0 Å². The number of para-hydroxylation sites is 1. The molecule has 4 N–H and O–H groups in total. The number of benzene rings is 1. The molecule has 5 heteroatoms. The summed E-state index contributed by atoms with van der Waals surface area (Å²) < 4.78 is 0. The van der Waals surface area contributed by atoms with Crippen LogP contribution in [0.5, 0.6) is 0 Å². The molecule has 20 heavy (non-hydrogen) atoms. The lowest BCUT2D eigenvalue weighted by molar-refractivity contribution is -0.121. The average molecular weight is 275 g/mol. The second-order valence-electron chi connectivity index (χ2n) is 5.52. The van der Waals surface area contributed by atoms with E-state index in [-0.39, 0.29) is 24.2 Å². The Kier molecular flexibility index (Phi) is 4.09. The molecule has 1 aromatic rings. The second-order valence-corrected chi connectivity index (χ2v) is 5.52. The summed E-state index contributed by atoms with van der Waals surface area (Å²) in [6, 6.07) is 7.29. The van der Waals surface area contributed by atoms with Crippen LogP contribution in [0, 0.1) is 5.92 Å². The predicted molar refractivity (Wildman–Crippen MR) is 78.2 cm³/mol. The molecule has 1 unspecified atom stereocenters. The molecule has 1 aromatic carbocycles. The highest BCUT2D eigenvalue weighted by Gasteiger charge is 2.44. The highest BCUT2D eigenvalue weighted by Crippen LogP contribution is 2.38. The molecule has 1 saturated carbocycles. The van der Waals surface area contributed by atoms with Gasteiger partial charge in [0.25, 0.3) is 0 Å². The maximum atomic E-state index is 12.3. The van der Waals surface area contributed by atoms with Crippen molar-refractivity contribution in [3.05, 3.63) is 29.8 Å². The maximum absolute atomic E-state index is 12.3. The Bertz CT molecular complexity index is 522. The number of carbonyl (C=O) groups excluding carboxylic acids is 2. The molecular formula is C15H21N3O2. The first-order valence-electron chi connectivity index (χ1n) is 6.84. The second kappa shape index (κ2) is 5.63. The van der Waals surface area contributed by atoms with Gasteiger partial charge in [-0.15, -0.1) is 0 Å². The molecule has 2 rings (SSSR count). The van der Waals surface area contributed by atoms with Crippen LogP contribution in [0.1, 0.15) is 25.3 Å². The standard InChI is InChI=1S/C15H21N3O2/c1-15(16,11-7-8-11)14(20)18-12-6-4-3-5-10(12)9-13(19)17-2/h3-6,11H,7-9,16H2,1-2H3,(H,17,19)(H,18,20). The van der Waals surface area contributed by atoms with Crippen molar-refractivity contribution in [2.45, 2.75) is 31.7 Å². The van der Waals surface area contributed by atoms with Gasteiger partial charge in [0.1, 0.15) is 0 Å². The van der Waals surface area contributed by atoms with Crippen LogP contribution in [0.25, 0.3) is 0 Å². The van der Waals surface area contributed by atoms with Crippen molar-refractivity contribution in [1.82, 2.24) is 5.32 Å². The molecule has 0 bridgehead atoms. The molecule has 1 aliphatic rings. The van der Waals surface area contributed by atoms with Gasteiger partial charge in [-0.1, -0.05) is 18.2 Å². The van der Waals surface area contributed by atoms with E-state index in [0.717, 1.165) is 18.4 Å². The van der Waals surface area contributed by atoms with Crippen molar-refractivity contribution in [2.75, 3.05) is 12.4 Å². The van der Waals surface area contributed by atoms with Gasteiger partial charge in [-0.25, -0.2) is 0 Å². The summed E-state index contributed by atoms with van der Waals surface area (Å²) in [4.78, 5) is 23.8. The van der Waals surface area contributed by atoms with Crippen LogP contribution in [0.4, 0.5) is 5.69 Å². The monoisotopic (exact) mass is 275 g/mol. The lowest BCUT2D eigenvalue weighted by Gasteiger charge is -2.24. The topological polar surface area (TPSA) is 84.2 Å². The summed E-state index contributed by atoms with van der Waals surface area (Å²) in [5, 5.41) is 5.43. The molecule has 0 heterocycles. The minimum absolute atomic E-state index is 0.0931. The van der Waals surface area contributed by atoms with Crippen molar-refractivity contribution < 1.29 is 9.59 Å². The van der Waals surface area contributed by atoms with E-state index in [1.807, 2.05) is 18.2 Å². The average Bonchev–Trinajstić information content (AvgIpc) is 3.25.